The van der Waals surface area contributed by atoms with Crippen molar-refractivity contribution in [3.05, 3.63) is 0 Å². The molecule has 0 aliphatic carbocycles. The van der Waals surface area contributed by atoms with Gasteiger partial charge in [0, 0.05) is 6.42 Å². The van der Waals surface area contributed by atoms with Crippen LogP contribution in [0.4, 0.5) is 0 Å². The SMILES string of the molecule is CCCCCCCCCCCCCCCCC(O)C(CO)NC(=O)CC. The third-order valence-electron chi connectivity index (χ3n) is 5.18. The fourth-order valence-corrected chi connectivity index (χ4v) is 3.32. The van der Waals surface area contributed by atoms with Gasteiger partial charge in [-0.15, -0.1) is 0 Å². The maximum Gasteiger partial charge on any atom is 0.220 e. The first-order valence-electron chi connectivity index (χ1n) is 11.2. The van der Waals surface area contributed by atoms with E-state index in [1.54, 1.807) is 6.92 Å². The summed E-state index contributed by atoms with van der Waals surface area (Å²) in [5.74, 6) is -0.121. The van der Waals surface area contributed by atoms with E-state index in [0.717, 1.165) is 12.8 Å². The van der Waals surface area contributed by atoms with Crippen molar-refractivity contribution in [3.8, 4) is 0 Å². The minimum absolute atomic E-state index is 0.121. The lowest BCUT2D eigenvalue weighted by Gasteiger charge is -2.22. The maximum atomic E-state index is 11.4. The highest BCUT2D eigenvalue weighted by molar-refractivity contribution is 5.75. The second-order valence-corrected chi connectivity index (χ2v) is 7.66. The van der Waals surface area contributed by atoms with Gasteiger partial charge in [-0.2, -0.15) is 0 Å². The highest BCUT2D eigenvalue weighted by Gasteiger charge is 2.19. The number of carbonyl (C=O) groups excluding carboxylic acids is 1. The second-order valence-electron chi connectivity index (χ2n) is 7.66. The van der Waals surface area contributed by atoms with E-state index in [1.807, 2.05) is 0 Å². The molecule has 0 saturated carbocycles. The quantitative estimate of drug-likeness (QED) is 0.276. The third kappa shape index (κ3) is 15.6. The molecule has 0 radical (unpaired) electrons. The number of hydrogen-bond acceptors (Lipinski definition) is 3. The summed E-state index contributed by atoms with van der Waals surface area (Å²) in [5.41, 5.74) is 0. The minimum Gasteiger partial charge on any atom is -0.394 e. The number of aliphatic hydroxyl groups excluding tert-OH is 2. The van der Waals surface area contributed by atoms with Crippen LogP contribution in [0.25, 0.3) is 0 Å². The van der Waals surface area contributed by atoms with Gasteiger partial charge in [0.05, 0.1) is 18.8 Å². The number of hydrogen-bond donors (Lipinski definition) is 3. The zero-order chi connectivity index (χ0) is 19.5. The molecule has 156 valence electrons. The molecule has 2 unspecified atom stereocenters. The molecule has 0 bridgehead atoms. The van der Waals surface area contributed by atoms with E-state index < -0.39 is 12.1 Å². The summed E-state index contributed by atoms with van der Waals surface area (Å²) < 4.78 is 0. The van der Waals surface area contributed by atoms with E-state index in [2.05, 4.69) is 12.2 Å². The predicted octanol–water partition coefficient (Wildman–Crippen LogP) is 5.11. The maximum absolute atomic E-state index is 11.4. The summed E-state index contributed by atoms with van der Waals surface area (Å²) >= 11 is 0. The molecular weight excluding hydrogens is 326 g/mol. The summed E-state index contributed by atoms with van der Waals surface area (Å²) in [7, 11) is 0. The molecule has 26 heavy (non-hydrogen) atoms. The van der Waals surface area contributed by atoms with Gasteiger partial charge in [0.25, 0.3) is 0 Å². The summed E-state index contributed by atoms with van der Waals surface area (Å²) in [5, 5.41) is 22.0. The Kier molecular flexibility index (Phi) is 18.7. The smallest absolute Gasteiger partial charge is 0.220 e. The van der Waals surface area contributed by atoms with E-state index in [9.17, 15) is 15.0 Å². The van der Waals surface area contributed by atoms with Gasteiger partial charge in [-0.3, -0.25) is 4.79 Å². The molecule has 3 N–H and O–H groups in total. The van der Waals surface area contributed by atoms with Gasteiger partial charge < -0.3 is 15.5 Å². The molecule has 0 fully saturated rings. The van der Waals surface area contributed by atoms with Crippen LogP contribution in [0.1, 0.15) is 117 Å². The van der Waals surface area contributed by atoms with Crippen molar-refractivity contribution in [1.82, 2.24) is 5.32 Å². The topological polar surface area (TPSA) is 69.6 Å². The van der Waals surface area contributed by atoms with Gasteiger partial charge in [-0.25, -0.2) is 0 Å². The average molecular weight is 372 g/mol. The first-order valence-corrected chi connectivity index (χ1v) is 11.2. The molecule has 0 aliphatic heterocycles. The van der Waals surface area contributed by atoms with Gasteiger partial charge in [0.1, 0.15) is 0 Å². The summed E-state index contributed by atoms with van der Waals surface area (Å²) in [4.78, 5) is 11.4. The summed E-state index contributed by atoms with van der Waals surface area (Å²) in [6.07, 6.45) is 18.8. The molecular formula is C22H45NO3. The van der Waals surface area contributed by atoms with E-state index in [0.29, 0.717) is 12.8 Å². The highest BCUT2D eigenvalue weighted by Crippen LogP contribution is 2.14. The molecule has 2 atom stereocenters. The largest absolute Gasteiger partial charge is 0.394 e. The third-order valence-corrected chi connectivity index (χ3v) is 5.18. The van der Waals surface area contributed by atoms with Crippen LogP contribution in [0.2, 0.25) is 0 Å². The van der Waals surface area contributed by atoms with Crippen LogP contribution in [0.3, 0.4) is 0 Å². The lowest BCUT2D eigenvalue weighted by Crippen LogP contribution is -2.45. The van der Waals surface area contributed by atoms with Gasteiger partial charge in [0.15, 0.2) is 0 Å². The number of nitrogens with one attached hydrogen (secondary N) is 1. The molecule has 4 nitrogen and oxygen atoms in total. The molecule has 0 spiro atoms. The first kappa shape index (κ1) is 25.4. The van der Waals surface area contributed by atoms with Crippen LogP contribution in [-0.4, -0.2) is 34.9 Å². The van der Waals surface area contributed by atoms with Crippen molar-refractivity contribution in [2.45, 2.75) is 129 Å². The van der Waals surface area contributed by atoms with Crippen LogP contribution in [0, 0.1) is 0 Å². The van der Waals surface area contributed by atoms with Crippen LogP contribution < -0.4 is 5.32 Å². The Morgan fingerprint density at radius 3 is 1.58 bits per heavy atom. The fraction of sp³-hybridized carbons (Fsp3) is 0.955. The van der Waals surface area contributed by atoms with Crippen molar-refractivity contribution in [2.24, 2.45) is 0 Å². The first-order chi connectivity index (χ1) is 12.7. The van der Waals surface area contributed by atoms with Gasteiger partial charge >= 0.3 is 0 Å². The number of rotatable bonds is 19. The zero-order valence-electron chi connectivity index (χ0n) is 17.5. The van der Waals surface area contributed by atoms with Gasteiger partial charge in [-0.05, 0) is 6.42 Å². The molecule has 0 aliphatic rings. The van der Waals surface area contributed by atoms with Gasteiger partial charge in [-0.1, -0.05) is 104 Å². The molecule has 0 saturated heterocycles. The Labute approximate surface area is 162 Å². The summed E-state index contributed by atoms with van der Waals surface area (Å²) in [6.45, 7) is 3.83. The lowest BCUT2D eigenvalue weighted by atomic mass is 10.0. The number of amides is 1. The van der Waals surface area contributed by atoms with Crippen LogP contribution in [-0.2, 0) is 4.79 Å². The Bertz CT molecular complexity index is 310. The summed E-state index contributed by atoms with van der Waals surface area (Å²) in [6, 6.07) is -0.524. The monoisotopic (exact) mass is 371 g/mol. The van der Waals surface area contributed by atoms with Crippen molar-refractivity contribution in [1.29, 1.82) is 0 Å². The van der Waals surface area contributed by atoms with Crippen molar-refractivity contribution in [2.75, 3.05) is 6.61 Å². The fourth-order valence-electron chi connectivity index (χ4n) is 3.32. The van der Waals surface area contributed by atoms with Crippen LogP contribution in [0.5, 0.6) is 0 Å². The molecule has 0 rings (SSSR count). The normalized spacial score (nSPS) is 13.5. The Balaban J connectivity index is 3.38. The minimum atomic E-state index is -0.646. The van der Waals surface area contributed by atoms with Crippen molar-refractivity contribution < 1.29 is 15.0 Å². The van der Waals surface area contributed by atoms with Gasteiger partial charge in [0.2, 0.25) is 5.91 Å². The number of carbonyl (C=O) groups is 1. The Hall–Kier alpha value is -0.610. The molecule has 0 aromatic rings. The van der Waals surface area contributed by atoms with Crippen LogP contribution in [0.15, 0.2) is 0 Å². The molecule has 0 aromatic carbocycles. The molecule has 0 heterocycles. The zero-order valence-corrected chi connectivity index (χ0v) is 17.5. The van der Waals surface area contributed by atoms with Crippen molar-refractivity contribution >= 4 is 5.91 Å². The average Bonchev–Trinajstić information content (AvgIpc) is 2.65. The van der Waals surface area contributed by atoms with E-state index in [4.69, 9.17) is 0 Å². The Morgan fingerprint density at radius 1 is 0.769 bits per heavy atom. The van der Waals surface area contributed by atoms with E-state index in [1.165, 1.54) is 77.0 Å². The second kappa shape index (κ2) is 19.2. The van der Waals surface area contributed by atoms with Crippen molar-refractivity contribution in [3.63, 3.8) is 0 Å². The Morgan fingerprint density at radius 2 is 1.19 bits per heavy atom. The predicted molar refractivity (Wildman–Crippen MR) is 110 cm³/mol. The molecule has 0 aromatic heterocycles. The highest BCUT2D eigenvalue weighted by atomic mass is 16.3. The van der Waals surface area contributed by atoms with Crippen LogP contribution >= 0.6 is 0 Å². The van der Waals surface area contributed by atoms with E-state index >= 15 is 0 Å². The number of aliphatic hydroxyl groups is 2. The molecule has 4 heteroatoms. The van der Waals surface area contributed by atoms with E-state index in [-0.39, 0.29) is 12.5 Å². The lowest BCUT2D eigenvalue weighted by molar-refractivity contribution is -0.122. The number of unbranched alkanes of at least 4 members (excludes halogenated alkanes) is 13. The molecule has 1 amide bonds. The standard InChI is InChI=1S/C22H45NO3/c1-3-5-6-7-8-9-10-11-12-13-14-15-16-17-18-21(25)20(19-24)23-22(26)4-2/h20-21,24-25H,3-19H2,1-2H3,(H,23,26).